The third kappa shape index (κ3) is 5.81. The smallest absolute Gasteiger partial charge is 0.192 e. The summed E-state index contributed by atoms with van der Waals surface area (Å²) in [6.45, 7) is 5.47. The number of sulfone groups is 1. The minimum absolute atomic E-state index is 0.0463. The fourth-order valence-electron chi connectivity index (χ4n) is 3.65. The van der Waals surface area contributed by atoms with Crippen LogP contribution in [0, 0.1) is 5.82 Å². The van der Waals surface area contributed by atoms with Gasteiger partial charge in [0.1, 0.15) is 16.3 Å². The Morgan fingerprint density at radius 3 is 2.58 bits per heavy atom. The summed E-state index contributed by atoms with van der Waals surface area (Å²) in [5.74, 6) is -0.648. The number of hydrogen-bond acceptors (Lipinski definition) is 7. The van der Waals surface area contributed by atoms with Gasteiger partial charge in [-0.25, -0.2) is 17.8 Å². The van der Waals surface area contributed by atoms with Gasteiger partial charge in [-0.3, -0.25) is 0 Å². The van der Waals surface area contributed by atoms with Crippen molar-refractivity contribution in [1.82, 2.24) is 14.9 Å². The molecule has 2 aromatic carbocycles. The third-order valence-corrected chi connectivity index (χ3v) is 8.59. The Bertz CT molecular complexity index is 1520. The second-order valence-corrected chi connectivity index (χ2v) is 14.2. The molecule has 0 radical (unpaired) electrons. The summed E-state index contributed by atoms with van der Waals surface area (Å²) >= 11 is 1.90. The number of fused-ring (bicyclic) bond motifs is 1. The van der Waals surface area contributed by atoms with E-state index in [1.807, 2.05) is 63.2 Å². The third-order valence-electron chi connectivity index (χ3n) is 5.50. The van der Waals surface area contributed by atoms with Crippen LogP contribution in [0.1, 0.15) is 38.1 Å². The predicted octanol–water partition coefficient (Wildman–Crippen LogP) is 5.53. The first-order valence-corrected chi connectivity index (χ1v) is 14.9. The van der Waals surface area contributed by atoms with Gasteiger partial charge >= 0.3 is 0 Å². The van der Waals surface area contributed by atoms with Crippen molar-refractivity contribution in [1.29, 1.82) is 0 Å². The van der Waals surface area contributed by atoms with Crippen molar-refractivity contribution >= 4 is 48.1 Å². The van der Waals surface area contributed by atoms with Crippen LogP contribution in [0.5, 0.6) is 0 Å². The lowest BCUT2D eigenvalue weighted by Gasteiger charge is -2.29. The van der Waals surface area contributed by atoms with Gasteiger partial charge in [-0.2, -0.15) is 0 Å². The van der Waals surface area contributed by atoms with Crippen LogP contribution in [0.3, 0.4) is 0 Å². The summed E-state index contributed by atoms with van der Waals surface area (Å²) in [6, 6.07) is 14.5. The molecular formula is C25H25BrFN3O4S2. The number of rotatable bonds is 7. The fraction of sp³-hybridized carbons (Fsp3) is 0.280. The van der Waals surface area contributed by atoms with Gasteiger partial charge in [0.15, 0.2) is 20.4 Å². The lowest BCUT2D eigenvalue weighted by atomic mass is 9.94. The summed E-state index contributed by atoms with van der Waals surface area (Å²) in [5.41, 5.74) is 2.52. The zero-order valence-corrected chi connectivity index (χ0v) is 23.3. The molecule has 190 valence electrons. The van der Waals surface area contributed by atoms with Crippen LogP contribution in [-0.2, 0) is 27.6 Å². The molecule has 0 saturated heterocycles. The highest BCUT2D eigenvalue weighted by Gasteiger charge is 2.32. The van der Waals surface area contributed by atoms with E-state index in [1.54, 1.807) is 0 Å². The molecule has 0 fully saturated rings. The van der Waals surface area contributed by atoms with Crippen molar-refractivity contribution in [3.05, 3.63) is 76.1 Å². The molecule has 1 N–H and O–H groups in total. The lowest BCUT2D eigenvalue weighted by molar-refractivity contribution is 0.459. The molecule has 0 saturated carbocycles. The molecule has 4 aromatic rings. The molecule has 4 rings (SSSR count). The highest BCUT2D eigenvalue weighted by molar-refractivity contribution is 9.10. The van der Waals surface area contributed by atoms with Crippen LogP contribution in [-0.4, -0.2) is 34.1 Å². The van der Waals surface area contributed by atoms with Gasteiger partial charge < -0.3 is 9.08 Å². The molecule has 0 aliphatic rings. The van der Waals surface area contributed by atoms with Crippen LogP contribution in [0.4, 0.5) is 4.39 Å². The molecule has 36 heavy (non-hydrogen) atoms. The molecule has 0 spiro atoms. The predicted molar refractivity (Wildman–Crippen MR) is 142 cm³/mol. The summed E-state index contributed by atoms with van der Waals surface area (Å²) in [5, 5.41) is 4.84. The van der Waals surface area contributed by atoms with Crippen LogP contribution < -0.4 is 4.72 Å². The maximum Gasteiger partial charge on any atom is 0.192 e. The van der Waals surface area contributed by atoms with Gasteiger partial charge in [0, 0.05) is 39.5 Å². The average molecular weight is 595 g/mol. The Balaban J connectivity index is 1.84. The largest absolute Gasteiger partial charge is 0.598 e. The molecule has 0 amide bonds. The van der Waals surface area contributed by atoms with E-state index in [-0.39, 0.29) is 17.1 Å². The van der Waals surface area contributed by atoms with E-state index < -0.39 is 37.8 Å². The molecule has 2 aromatic heterocycles. The second kappa shape index (κ2) is 10.2. The van der Waals surface area contributed by atoms with Gasteiger partial charge in [-0.05, 0) is 56.7 Å². The summed E-state index contributed by atoms with van der Waals surface area (Å²) < 4.78 is 61.0. The maximum absolute atomic E-state index is 14.8. The van der Waals surface area contributed by atoms with E-state index in [0.29, 0.717) is 22.4 Å². The first-order valence-electron chi connectivity index (χ1n) is 11.0. The fourth-order valence-corrected chi connectivity index (χ4v) is 5.40. The lowest BCUT2D eigenvalue weighted by Crippen LogP contribution is -2.42. The number of benzene rings is 2. The molecular weight excluding hydrogens is 569 g/mol. The number of aromatic nitrogens is 2. The van der Waals surface area contributed by atoms with E-state index in [4.69, 9.17) is 4.52 Å². The van der Waals surface area contributed by atoms with Crippen LogP contribution >= 0.6 is 15.9 Å². The topological polar surface area (TPSA) is 108 Å². The SMILES string of the molecule is CC(C)(C)[S@+]([O-])N[C@@H](Cc1nc(S(C)(=O)=O)ccc1F)c1ccccc1-c1noc2cc(Br)ccc12. The highest BCUT2D eigenvalue weighted by Crippen LogP contribution is 2.36. The van der Waals surface area contributed by atoms with Crippen molar-refractivity contribution in [3.63, 3.8) is 0 Å². The number of pyridine rings is 1. The Kier molecular flexibility index (Phi) is 7.59. The Hall–Kier alpha value is -2.31. The molecule has 11 heteroatoms. The van der Waals surface area contributed by atoms with Crippen molar-refractivity contribution in [2.75, 3.05) is 6.26 Å². The van der Waals surface area contributed by atoms with Crippen LogP contribution in [0.15, 0.2) is 68.6 Å². The number of nitrogens with zero attached hydrogens (tertiary/aromatic N) is 2. The number of halogens is 2. The van der Waals surface area contributed by atoms with Crippen LogP contribution in [0.25, 0.3) is 22.2 Å². The quantitative estimate of drug-likeness (QED) is 0.280. The summed E-state index contributed by atoms with van der Waals surface area (Å²) in [7, 11) is -3.64. The molecule has 0 unspecified atom stereocenters. The zero-order chi connectivity index (χ0) is 26.3. The molecule has 0 aliphatic carbocycles. The summed E-state index contributed by atoms with van der Waals surface area (Å²) in [6.07, 6.45) is 0.972. The van der Waals surface area contributed by atoms with E-state index in [0.717, 1.165) is 28.2 Å². The zero-order valence-electron chi connectivity index (χ0n) is 20.1. The standard InChI is InChI=1S/C25H25BrFN3O4S2/c1-25(2,3)35(31)30-20(14-21-19(27)11-12-23(28-21)36(4,32)33)16-7-5-6-8-17(16)24-18-10-9-15(26)13-22(18)34-29-24/h5-13,20,30H,14H2,1-4H3/t20-,35-/m0/s1. The minimum atomic E-state index is -3.64. The van der Waals surface area contributed by atoms with E-state index in [2.05, 4.69) is 30.8 Å². The van der Waals surface area contributed by atoms with Crippen molar-refractivity contribution < 1.29 is 21.9 Å². The summed E-state index contributed by atoms with van der Waals surface area (Å²) in [4.78, 5) is 4.09. The van der Waals surface area contributed by atoms with E-state index in [1.165, 1.54) is 0 Å². The van der Waals surface area contributed by atoms with E-state index in [9.17, 15) is 17.4 Å². The Morgan fingerprint density at radius 1 is 1.17 bits per heavy atom. The highest BCUT2D eigenvalue weighted by atomic mass is 79.9. The minimum Gasteiger partial charge on any atom is -0.598 e. The van der Waals surface area contributed by atoms with Gasteiger partial charge in [0.2, 0.25) is 0 Å². The normalized spacial score (nSPS) is 14.2. The average Bonchev–Trinajstić information content (AvgIpc) is 3.21. The van der Waals surface area contributed by atoms with Crippen LogP contribution in [0.2, 0.25) is 0 Å². The van der Waals surface area contributed by atoms with Crippen molar-refractivity contribution in [2.45, 2.75) is 43.0 Å². The first-order chi connectivity index (χ1) is 16.8. The molecule has 2 atom stereocenters. The van der Waals surface area contributed by atoms with Gasteiger partial charge in [0.25, 0.3) is 0 Å². The second-order valence-electron chi connectivity index (χ2n) is 9.36. The monoisotopic (exact) mass is 593 g/mol. The Morgan fingerprint density at radius 2 is 1.89 bits per heavy atom. The van der Waals surface area contributed by atoms with Crippen molar-refractivity contribution in [2.24, 2.45) is 0 Å². The number of hydrogen-bond donors (Lipinski definition) is 1. The molecule has 2 heterocycles. The van der Waals surface area contributed by atoms with Crippen molar-refractivity contribution in [3.8, 4) is 11.3 Å². The van der Waals surface area contributed by atoms with Gasteiger partial charge in [-0.15, -0.1) is 4.72 Å². The van der Waals surface area contributed by atoms with Gasteiger partial charge in [0.05, 0.1) is 11.7 Å². The maximum atomic E-state index is 14.8. The molecule has 7 nitrogen and oxygen atoms in total. The number of nitrogens with one attached hydrogen (secondary N) is 1. The molecule has 0 aliphatic heterocycles. The first kappa shape index (κ1) is 26.7. The Labute approximate surface area is 220 Å². The van der Waals surface area contributed by atoms with E-state index >= 15 is 0 Å². The van der Waals surface area contributed by atoms with Gasteiger partial charge in [-0.1, -0.05) is 45.4 Å². The molecule has 0 bridgehead atoms.